The lowest BCUT2D eigenvalue weighted by atomic mass is 10.2. The number of aromatic nitrogens is 3. The van der Waals surface area contributed by atoms with Crippen molar-refractivity contribution in [1.29, 1.82) is 0 Å². The Morgan fingerprint density at radius 3 is 3.00 bits per heavy atom. The highest BCUT2D eigenvalue weighted by molar-refractivity contribution is 6.30. The van der Waals surface area contributed by atoms with Gasteiger partial charge in [-0.05, 0) is 18.9 Å². The fourth-order valence-electron chi connectivity index (χ4n) is 1.64. The van der Waals surface area contributed by atoms with Crippen LogP contribution in [0.25, 0.3) is 0 Å². The number of nitrogens with zero attached hydrogens (tertiary/aromatic N) is 3. The Hall–Kier alpha value is -1.46. The summed E-state index contributed by atoms with van der Waals surface area (Å²) in [7, 11) is 0. The van der Waals surface area contributed by atoms with E-state index in [-0.39, 0.29) is 11.6 Å². The lowest BCUT2D eigenvalue weighted by Crippen LogP contribution is -2.03. The van der Waals surface area contributed by atoms with Crippen LogP contribution in [0.5, 0.6) is 0 Å². The van der Waals surface area contributed by atoms with Crippen LogP contribution in [0.15, 0.2) is 24.4 Å². The Kier molecular flexibility index (Phi) is 4.28. The van der Waals surface area contributed by atoms with E-state index in [9.17, 15) is 4.39 Å². The van der Waals surface area contributed by atoms with Crippen LogP contribution in [0.2, 0.25) is 5.02 Å². The number of aliphatic hydroxyl groups excluding tert-OH is 1. The van der Waals surface area contributed by atoms with Crippen LogP contribution >= 0.6 is 11.6 Å². The maximum absolute atomic E-state index is 13.7. The SMILES string of the molecule is OCCCc1cn(Cc2cccc(Cl)c2F)nn1. The summed E-state index contributed by atoms with van der Waals surface area (Å²) in [6.45, 7) is 0.411. The van der Waals surface area contributed by atoms with E-state index in [1.165, 1.54) is 6.07 Å². The molecule has 0 spiro atoms. The van der Waals surface area contributed by atoms with E-state index in [4.69, 9.17) is 16.7 Å². The first-order chi connectivity index (χ1) is 8.70. The summed E-state index contributed by atoms with van der Waals surface area (Å²) >= 11 is 5.71. The van der Waals surface area contributed by atoms with Crippen LogP contribution in [-0.4, -0.2) is 26.7 Å². The molecule has 6 heteroatoms. The van der Waals surface area contributed by atoms with Gasteiger partial charge in [-0.25, -0.2) is 9.07 Å². The third kappa shape index (κ3) is 3.05. The van der Waals surface area contributed by atoms with Gasteiger partial charge in [0.1, 0.15) is 5.82 Å². The molecule has 18 heavy (non-hydrogen) atoms. The number of aryl methyl sites for hydroxylation is 1. The highest BCUT2D eigenvalue weighted by atomic mass is 35.5. The molecular weight excluding hydrogens is 257 g/mol. The second-order valence-corrected chi connectivity index (χ2v) is 4.35. The molecule has 0 saturated carbocycles. The van der Waals surface area contributed by atoms with E-state index in [0.29, 0.717) is 24.9 Å². The molecule has 1 aromatic carbocycles. The lowest BCUT2D eigenvalue weighted by Gasteiger charge is -2.03. The van der Waals surface area contributed by atoms with Crippen molar-refractivity contribution in [2.45, 2.75) is 19.4 Å². The third-order valence-electron chi connectivity index (χ3n) is 2.54. The van der Waals surface area contributed by atoms with Crippen molar-refractivity contribution in [2.24, 2.45) is 0 Å². The van der Waals surface area contributed by atoms with Crippen LogP contribution < -0.4 is 0 Å². The molecular formula is C12H13ClFN3O. The van der Waals surface area contributed by atoms with Gasteiger partial charge in [-0.1, -0.05) is 28.9 Å². The fraction of sp³-hybridized carbons (Fsp3) is 0.333. The molecule has 0 amide bonds. The summed E-state index contributed by atoms with van der Waals surface area (Å²) in [5, 5.41) is 16.7. The van der Waals surface area contributed by atoms with Crippen molar-refractivity contribution >= 4 is 11.6 Å². The molecule has 1 aromatic heterocycles. The monoisotopic (exact) mass is 269 g/mol. The lowest BCUT2D eigenvalue weighted by molar-refractivity contribution is 0.288. The molecule has 0 aliphatic heterocycles. The molecule has 0 unspecified atom stereocenters. The van der Waals surface area contributed by atoms with Gasteiger partial charge in [0.15, 0.2) is 0 Å². The molecule has 0 bridgehead atoms. The normalized spacial score (nSPS) is 10.8. The van der Waals surface area contributed by atoms with Crippen molar-refractivity contribution < 1.29 is 9.50 Å². The van der Waals surface area contributed by atoms with E-state index in [1.807, 2.05) is 0 Å². The Morgan fingerprint density at radius 1 is 1.39 bits per heavy atom. The highest BCUT2D eigenvalue weighted by Crippen LogP contribution is 2.18. The van der Waals surface area contributed by atoms with Gasteiger partial charge in [-0.3, -0.25) is 0 Å². The van der Waals surface area contributed by atoms with Crippen LogP contribution in [0, 0.1) is 5.82 Å². The number of benzene rings is 1. The molecule has 0 fully saturated rings. The number of halogens is 2. The minimum atomic E-state index is -0.424. The molecule has 2 rings (SSSR count). The van der Waals surface area contributed by atoms with Gasteiger partial charge in [0.25, 0.3) is 0 Å². The molecule has 4 nitrogen and oxygen atoms in total. The van der Waals surface area contributed by atoms with Gasteiger partial charge in [0.2, 0.25) is 0 Å². The average molecular weight is 270 g/mol. The van der Waals surface area contributed by atoms with Gasteiger partial charge in [-0.15, -0.1) is 5.10 Å². The number of aliphatic hydroxyl groups is 1. The quantitative estimate of drug-likeness (QED) is 0.904. The van der Waals surface area contributed by atoms with Crippen LogP contribution in [0.4, 0.5) is 4.39 Å². The average Bonchev–Trinajstić information content (AvgIpc) is 2.80. The first-order valence-corrected chi connectivity index (χ1v) is 6.01. The maximum Gasteiger partial charge on any atom is 0.146 e. The minimum absolute atomic E-state index is 0.105. The minimum Gasteiger partial charge on any atom is -0.396 e. The van der Waals surface area contributed by atoms with Crippen molar-refractivity contribution in [3.63, 3.8) is 0 Å². The number of rotatable bonds is 5. The Morgan fingerprint density at radius 2 is 2.22 bits per heavy atom. The first kappa shape index (κ1) is 13.0. The van der Waals surface area contributed by atoms with Crippen molar-refractivity contribution in [3.8, 4) is 0 Å². The van der Waals surface area contributed by atoms with E-state index < -0.39 is 5.82 Å². The molecule has 96 valence electrons. The van der Waals surface area contributed by atoms with Crippen LogP contribution in [0.1, 0.15) is 17.7 Å². The maximum atomic E-state index is 13.7. The summed E-state index contributed by atoms with van der Waals surface area (Å²) in [4.78, 5) is 0. The predicted molar refractivity (Wildman–Crippen MR) is 65.9 cm³/mol. The van der Waals surface area contributed by atoms with Crippen molar-refractivity contribution in [2.75, 3.05) is 6.61 Å². The summed E-state index contributed by atoms with van der Waals surface area (Å²) in [5.74, 6) is -0.424. The zero-order valence-electron chi connectivity index (χ0n) is 9.68. The summed E-state index contributed by atoms with van der Waals surface area (Å²) in [6.07, 6.45) is 3.05. The van der Waals surface area contributed by atoms with Gasteiger partial charge < -0.3 is 5.11 Å². The van der Waals surface area contributed by atoms with E-state index >= 15 is 0 Å². The van der Waals surface area contributed by atoms with E-state index in [1.54, 1.807) is 23.0 Å². The van der Waals surface area contributed by atoms with Gasteiger partial charge in [0, 0.05) is 18.4 Å². The smallest absolute Gasteiger partial charge is 0.146 e. The number of hydrogen-bond acceptors (Lipinski definition) is 3. The second-order valence-electron chi connectivity index (χ2n) is 3.95. The molecule has 0 aliphatic carbocycles. The van der Waals surface area contributed by atoms with Gasteiger partial charge in [-0.2, -0.15) is 0 Å². The molecule has 0 saturated heterocycles. The van der Waals surface area contributed by atoms with Gasteiger partial charge in [0.05, 0.1) is 17.3 Å². The molecule has 2 aromatic rings. The van der Waals surface area contributed by atoms with E-state index in [0.717, 1.165) is 5.69 Å². The Labute approximate surface area is 109 Å². The van der Waals surface area contributed by atoms with Crippen molar-refractivity contribution in [1.82, 2.24) is 15.0 Å². The predicted octanol–water partition coefficient (Wildman–Crippen LogP) is 2.04. The third-order valence-corrected chi connectivity index (χ3v) is 2.83. The topological polar surface area (TPSA) is 50.9 Å². The highest BCUT2D eigenvalue weighted by Gasteiger charge is 2.08. The van der Waals surface area contributed by atoms with E-state index in [2.05, 4.69) is 10.3 Å². The fourth-order valence-corrected chi connectivity index (χ4v) is 1.83. The summed E-state index contributed by atoms with van der Waals surface area (Å²) < 4.78 is 15.2. The van der Waals surface area contributed by atoms with Crippen molar-refractivity contribution in [3.05, 3.63) is 46.5 Å². The zero-order chi connectivity index (χ0) is 13.0. The molecule has 0 aliphatic rings. The molecule has 1 heterocycles. The molecule has 0 atom stereocenters. The number of hydrogen-bond donors (Lipinski definition) is 1. The van der Waals surface area contributed by atoms with Crippen LogP contribution in [0.3, 0.4) is 0 Å². The Bertz CT molecular complexity index is 530. The Balaban J connectivity index is 2.09. The largest absolute Gasteiger partial charge is 0.396 e. The van der Waals surface area contributed by atoms with Gasteiger partial charge >= 0.3 is 0 Å². The standard InChI is InChI=1S/C12H13ClFN3O/c13-11-5-1-3-9(12(11)14)7-17-8-10(15-16-17)4-2-6-18/h1,3,5,8,18H,2,4,6-7H2. The first-order valence-electron chi connectivity index (χ1n) is 5.63. The second kappa shape index (κ2) is 5.93. The zero-order valence-corrected chi connectivity index (χ0v) is 10.4. The van der Waals surface area contributed by atoms with Crippen LogP contribution in [-0.2, 0) is 13.0 Å². The molecule has 1 N–H and O–H groups in total. The summed E-state index contributed by atoms with van der Waals surface area (Å²) in [5.41, 5.74) is 1.26. The molecule has 0 radical (unpaired) electrons. The summed E-state index contributed by atoms with van der Waals surface area (Å²) in [6, 6.07) is 4.87.